The molecule has 0 radical (unpaired) electrons. The fourth-order valence-corrected chi connectivity index (χ4v) is 4.00. The fourth-order valence-electron chi connectivity index (χ4n) is 4.00. The van der Waals surface area contributed by atoms with Crippen molar-refractivity contribution in [3.8, 4) is 0 Å². The number of aromatic nitrogens is 2. The number of hydrogen-bond acceptors (Lipinski definition) is 2. The minimum Gasteiger partial charge on any atom is -0.309 e. The Morgan fingerprint density at radius 2 is 1.86 bits per heavy atom. The van der Waals surface area contributed by atoms with Crippen molar-refractivity contribution in [3.05, 3.63) is 29.6 Å². The summed E-state index contributed by atoms with van der Waals surface area (Å²) in [7, 11) is 0. The van der Waals surface area contributed by atoms with E-state index in [1.54, 1.807) is 0 Å². The van der Waals surface area contributed by atoms with Gasteiger partial charge in [0.05, 0.1) is 11.3 Å². The smallest absolute Gasteiger partial charge is 0.309 e. The first-order chi connectivity index (χ1) is 12.9. The van der Waals surface area contributed by atoms with Crippen LogP contribution in [0.5, 0.6) is 0 Å². The Hall–Kier alpha value is -2.05. The van der Waals surface area contributed by atoms with Gasteiger partial charge in [-0.2, -0.15) is 13.2 Å². The minimum atomic E-state index is -4.43. The molecule has 0 saturated heterocycles. The molecule has 1 saturated carbocycles. The number of nitrogens with one attached hydrogen (secondary N) is 1. The number of rotatable bonds is 4. The zero-order valence-corrected chi connectivity index (χ0v) is 16.9. The maximum absolute atomic E-state index is 13.2. The molecule has 0 spiro atoms. The van der Waals surface area contributed by atoms with Gasteiger partial charge in [0.25, 0.3) is 0 Å². The quantitative estimate of drug-likeness (QED) is 0.706. The van der Waals surface area contributed by atoms with Gasteiger partial charge < -0.3 is 9.72 Å². The third-order valence-corrected chi connectivity index (χ3v) is 5.40. The highest BCUT2D eigenvalue weighted by Gasteiger charge is 2.33. The molecule has 1 fully saturated rings. The summed E-state index contributed by atoms with van der Waals surface area (Å²) in [5.41, 5.74) is 0.0786. The molecule has 3 rings (SSSR count). The molecule has 2 aromatic heterocycles. The lowest BCUT2D eigenvalue weighted by Crippen LogP contribution is -2.23. The van der Waals surface area contributed by atoms with Crippen molar-refractivity contribution in [2.75, 3.05) is 5.32 Å². The molecule has 4 nitrogen and oxygen atoms in total. The summed E-state index contributed by atoms with van der Waals surface area (Å²) in [4.78, 5) is 17.1. The first kappa shape index (κ1) is 20.7. The van der Waals surface area contributed by atoms with Crippen LogP contribution in [0.15, 0.2) is 18.3 Å². The molecule has 0 atom stereocenters. The van der Waals surface area contributed by atoms with Crippen molar-refractivity contribution in [3.63, 3.8) is 0 Å². The normalized spacial score (nSPS) is 17.2. The van der Waals surface area contributed by atoms with Gasteiger partial charge in [0, 0.05) is 12.6 Å². The monoisotopic (exact) mass is 395 g/mol. The van der Waals surface area contributed by atoms with Gasteiger partial charge in [-0.05, 0) is 42.2 Å². The molecule has 0 aliphatic heterocycles. The van der Waals surface area contributed by atoms with Crippen LogP contribution in [0.4, 0.5) is 19.0 Å². The summed E-state index contributed by atoms with van der Waals surface area (Å²) >= 11 is 0. The highest BCUT2D eigenvalue weighted by molar-refractivity contribution is 5.91. The lowest BCUT2D eigenvalue weighted by molar-refractivity contribution is -0.137. The second kappa shape index (κ2) is 7.08. The second-order valence-electron chi connectivity index (χ2n) is 9.53. The van der Waals surface area contributed by atoms with Gasteiger partial charge >= 0.3 is 6.18 Å². The van der Waals surface area contributed by atoms with Gasteiger partial charge in [-0.15, -0.1) is 0 Å². The molecule has 1 amide bonds. The van der Waals surface area contributed by atoms with Crippen molar-refractivity contribution < 1.29 is 18.0 Å². The fraction of sp³-hybridized carbons (Fsp3) is 0.619. The van der Waals surface area contributed by atoms with E-state index in [4.69, 9.17) is 0 Å². The second-order valence-corrected chi connectivity index (χ2v) is 9.53. The minimum absolute atomic E-state index is 0.00309. The van der Waals surface area contributed by atoms with Crippen LogP contribution < -0.4 is 5.32 Å². The molecule has 2 heterocycles. The molecule has 1 N–H and O–H groups in total. The largest absolute Gasteiger partial charge is 0.417 e. The maximum atomic E-state index is 13.2. The molecule has 0 unspecified atom stereocenters. The number of halogens is 3. The molecule has 2 aromatic rings. The van der Waals surface area contributed by atoms with Crippen LogP contribution in [0.2, 0.25) is 0 Å². The van der Waals surface area contributed by atoms with Gasteiger partial charge in [0.2, 0.25) is 5.91 Å². The number of pyridine rings is 1. The Bertz CT molecular complexity index is 871. The standard InChI is InChI=1S/C21H28F3N3O/c1-19(2,3)11-15-18(26-17(28)12-20(4)9-5-6-10-20)25-16-8-7-14(13-27(15)16)21(22,23)24/h7-8,13H,5-6,9-12H2,1-4H3,(H,26,28). The Balaban J connectivity index is 1.96. The number of alkyl halides is 3. The molecule has 28 heavy (non-hydrogen) atoms. The Morgan fingerprint density at radius 3 is 2.43 bits per heavy atom. The van der Waals surface area contributed by atoms with E-state index < -0.39 is 11.7 Å². The van der Waals surface area contributed by atoms with Crippen molar-refractivity contribution in [1.82, 2.24) is 9.38 Å². The Kier molecular flexibility index (Phi) is 5.23. The number of nitrogens with zero attached hydrogens (tertiary/aromatic N) is 2. The highest BCUT2D eigenvalue weighted by atomic mass is 19.4. The third-order valence-electron chi connectivity index (χ3n) is 5.40. The van der Waals surface area contributed by atoms with Crippen molar-refractivity contribution in [2.45, 2.75) is 72.4 Å². The molecule has 1 aliphatic carbocycles. The average molecular weight is 395 g/mol. The molecule has 7 heteroatoms. The van der Waals surface area contributed by atoms with E-state index in [9.17, 15) is 18.0 Å². The van der Waals surface area contributed by atoms with Crippen LogP contribution in [-0.2, 0) is 17.4 Å². The zero-order chi connectivity index (χ0) is 20.7. The number of anilines is 1. The van der Waals surface area contributed by atoms with Gasteiger partial charge in [0.15, 0.2) is 5.82 Å². The Labute approximate surface area is 163 Å². The molecule has 0 aromatic carbocycles. The topological polar surface area (TPSA) is 46.4 Å². The van der Waals surface area contributed by atoms with Gasteiger partial charge in [0.1, 0.15) is 5.65 Å². The maximum Gasteiger partial charge on any atom is 0.417 e. The Morgan fingerprint density at radius 1 is 1.21 bits per heavy atom. The van der Waals surface area contributed by atoms with E-state index in [1.807, 2.05) is 20.8 Å². The van der Waals surface area contributed by atoms with E-state index in [1.165, 1.54) is 10.5 Å². The highest BCUT2D eigenvalue weighted by Crippen LogP contribution is 2.41. The summed E-state index contributed by atoms with van der Waals surface area (Å²) in [6.45, 7) is 8.14. The third kappa shape index (κ3) is 4.67. The van der Waals surface area contributed by atoms with E-state index in [-0.39, 0.29) is 16.7 Å². The van der Waals surface area contributed by atoms with Crippen LogP contribution in [-0.4, -0.2) is 15.3 Å². The van der Waals surface area contributed by atoms with Crippen LogP contribution in [0, 0.1) is 10.8 Å². The molecule has 0 bridgehead atoms. The van der Waals surface area contributed by atoms with Crippen LogP contribution in [0.25, 0.3) is 5.65 Å². The molecule has 154 valence electrons. The summed E-state index contributed by atoms with van der Waals surface area (Å²) in [6.07, 6.45) is 1.84. The van der Waals surface area contributed by atoms with Gasteiger partial charge in [-0.25, -0.2) is 4.98 Å². The van der Waals surface area contributed by atoms with Gasteiger partial charge in [-0.1, -0.05) is 40.5 Å². The number of carbonyl (C=O) groups excluding carboxylic acids is 1. The first-order valence-electron chi connectivity index (χ1n) is 9.74. The predicted molar refractivity (Wildman–Crippen MR) is 103 cm³/mol. The molecule has 1 aliphatic rings. The predicted octanol–water partition coefficient (Wildman–Crippen LogP) is 5.85. The number of carbonyl (C=O) groups is 1. The SMILES string of the molecule is CC(C)(C)Cc1c(NC(=O)CC2(C)CCCC2)nc2ccc(C(F)(F)F)cn12. The number of amides is 1. The summed E-state index contributed by atoms with van der Waals surface area (Å²) in [5, 5.41) is 2.88. The summed E-state index contributed by atoms with van der Waals surface area (Å²) < 4.78 is 41.0. The van der Waals surface area contributed by atoms with E-state index in [2.05, 4.69) is 17.2 Å². The lowest BCUT2D eigenvalue weighted by Gasteiger charge is -2.23. The number of fused-ring (bicyclic) bond motifs is 1. The average Bonchev–Trinajstić information content (AvgIpc) is 3.09. The number of hydrogen-bond donors (Lipinski definition) is 1. The van der Waals surface area contributed by atoms with E-state index in [0.717, 1.165) is 37.9 Å². The van der Waals surface area contributed by atoms with E-state index >= 15 is 0 Å². The zero-order valence-electron chi connectivity index (χ0n) is 16.9. The van der Waals surface area contributed by atoms with Crippen LogP contribution in [0.1, 0.15) is 71.1 Å². The van der Waals surface area contributed by atoms with Crippen molar-refractivity contribution in [1.29, 1.82) is 0 Å². The molecular weight excluding hydrogens is 367 g/mol. The molecular formula is C21H28F3N3O. The van der Waals surface area contributed by atoms with Crippen molar-refractivity contribution in [2.24, 2.45) is 10.8 Å². The summed E-state index contributed by atoms with van der Waals surface area (Å²) in [6, 6.07) is 2.37. The lowest BCUT2D eigenvalue weighted by atomic mass is 9.85. The van der Waals surface area contributed by atoms with E-state index in [0.29, 0.717) is 30.0 Å². The number of imidazole rings is 1. The summed E-state index contributed by atoms with van der Waals surface area (Å²) in [5.74, 6) is 0.236. The van der Waals surface area contributed by atoms with Gasteiger partial charge in [-0.3, -0.25) is 4.79 Å². The van der Waals surface area contributed by atoms with Crippen LogP contribution >= 0.6 is 0 Å². The van der Waals surface area contributed by atoms with Crippen LogP contribution in [0.3, 0.4) is 0 Å². The first-order valence-corrected chi connectivity index (χ1v) is 9.74. The van der Waals surface area contributed by atoms with Crippen molar-refractivity contribution >= 4 is 17.4 Å².